The summed E-state index contributed by atoms with van der Waals surface area (Å²) in [6.45, 7) is 2.34. The first-order valence-corrected chi connectivity index (χ1v) is 7.85. The molecule has 0 saturated carbocycles. The molecule has 0 unspecified atom stereocenters. The molecule has 5 heteroatoms. The lowest BCUT2D eigenvalue weighted by Gasteiger charge is -2.35. The van der Waals surface area contributed by atoms with Gasteiger partial charge >= 0.3 is 0 Å². The van der Waals surface area contributed by atoms with Gasteiger partial charge in [-0.2, -0.15) is 0 Å². The smallest absolute Gasteiger partial charge is 0.123 e. The molecule has 0 aliphatic carbocycles. The zero-order valence-corrected chi connectivity index (χ0v) is 13.2. The van der Waals surface area contributed by atoms with Crippen molar-refractivity contribution in [1.82, 2.24) is 16.0 Å². The normalized spacial score (nSPS) is 21.1. The van der Waals surface area contributed by atoms with Crippen LogP contribution in [0.1, 0.15) is 17.2 Å². The summed E-state index contributed by atoms with van der Waals surface area (Å²) < 4.78 is 18.8. The molecule has 1 fully saturated rings. The van der Waals surface area contributed by atoms with E-state index in [0.29, 0.717) is 12.3 Å². The fourth-order valence-electron chi connectivity index (χ4n) is 2.96. The molecule has 0 radical (unpaired) electrons. The van der Waals surface area contributed by atoms with Gasteiger partial charge in [-0.3, -0.25) is 10.6 Å². The minimum Gasteiger partial charge on any atom is -0.496 e. The first kappa shape index (κ1) is 15.9. The molecule has 3 N–H and O–H groups in total. The Morgan fingerprint density at radius 3 is 2.70 bits per heavy atom. The van der Waals surface area contributed by atoms with Gasteiger partial charge in [0.2, 0.25) is 0 Å². The van der Waals surface area contributed by atoms with Crippen molar-refractivity contribution >= 4 is 0 Å². The van der Waals surface area contributed by atoms with E-state index in [0.717, 1.165) is 18.7 Å². The van der Waals surface area contributed by atoms with Gasteiger partial charge in [-0.05, 0) is 23.8 Å². The Bertz CT molecular complexity index is 635. The lowest BCUT2D eigenvalue weighted by Crippen LogP contribution is -2.57. The fraction of sp³-hybridized carbons (Fsp3) is 0.333. The topological polar surface area (TPSA) is 45.3 Å². The van der Waals surface area contributed by atoms with E-state index in [-0.39, 0.29) is 18.0 Å². The molecule has 0 bridgehead atoms. The zero-order chi connectivity index (χ0) is 16.1. The van der Waals surface area contributed by atoms with Gasteiger partial charge < -0.3 is 10.1 Å². The molecule has 1 saturated heterocycles. The summed E-state index contributed by atoms with van der Waals surface area (Å²) in [6.07, 6.45) is 0.0686. The molecule has 1 aliphatic rings. The van der Waals surface area contributed by atoms with Crippen LogP contribution >= 0.6 is 0 Å². The second kappa shape index (κ2) is 7.55. The highest BCUT2D eigenvalue weighted by Gasteiger charge is 2.25. The number of benzene rings is 2. The van der Waals surface area contributed by atoms with Crippen molar-refractivity contribution < 1.29 is 9.13 Å². The van der Waals surface area contributed by atoms with Gasteiger partial charge in [-0.25, -0.2) is 4.39 Å². The molecule has 1 aliphatic heterocycles. The summed E-state index contributed by atoms with van der Waals surface area (Å²) in [5.41, 5.74) is 2.04. The second-order valence-corrected chi connectivity index (χ2v) is 5.61. The molecule has 0 spiro atoms. The molecule has 0 aromatic heterocycles. The second-order valence-electron chi connectivity index (χ2n) is 5.61. The third kappa shape index (κ3) is 3.88. The minimum atomic E-state index is -0.253. The molecule has 1 heterocycles. The van der Waals surface area contributed by atoms with E-state index < -0.39 is 0 Å². The number of rotatable bonds is 5. The van der Waals surface area contributed by atoms with Crippen LogP contribution < -0.4 is 20.7 Å². The number of halogens is 1. The predicted octanol–water partition coefficient (Wildman–Crippen LogP) is 2.18. The Hall–Kier alpha value is -1.95. The van der Waals surface area contributed by atoms with E-state index >= 15 is 0 Å². The SMILES string of the molecule is COc1ccc(F)cc1CN[C@H]1NCCN[C@H]1c1ccccc1. The number of methoxy groups -OCH3 is 1. The van der Waals surface area contributed by atoms with Crippen LogP contribution in [-0.2, 0) is 6.54 Å². The maximum absolute atomic E-state index is 13.5. The fourth-order valence-corrected chi connectivity index (χ4v) is 2.96. The van der Waals surface area contributed by atoms with E-state index in [2.05, 4.69) is 28.1 Å². The average Bonchev–Trinajstić information content (AvgIpc) is 2.61. The average molecular weight is 315 g/mol. The monoisotopic (exact) mass is 315 g/mol. The Kier molecular flexibility index (Phi) is 5.23. The summed E-state index contributed by atoms with van der Waals surface area (Å²) >= 11 is 0. The predicted molar refractivity (Wildman–Crippen MR) is 88.8 cm³/mol. The molecular weight excluding hydrogens is 293 g/mol. The van der Waals surface area contributed by atoms with Gasteiger partial charge in [0.05, 0.1) is 19.3 Å². The first-order valence-electron chi connectivity index (χ1n) is 7.85. The number of hydrogen-bond acceptors (Lipinski definition) is 4. The number of ether oxygens (including phenoxy) is 1. The van der Waals surface area contributed by atoms with Crippen LogP contribution in [0, 0.1) is 5.82 Å². The molecule has 2 aromatic carbocycles. The van der Waals surface area contributed by atoms with E-state index in [1.165, 1.54) is 17.7 Å². The number of piperazine rings is 1. The molecule has 2 aromatic rings. The van der Waals surface area contributed by atoms with E-state index in [4.69, 9.17) is 4.74 Å². The van der Waals surface area contributed by atoms with Gasteiger partial charge in [0.1, 0.15) is 11.6 Å². The third-order valence-electron chi connectivity index (χ3n) is 4.10. The van der Waals surface area contributed by atoms with Crippen molar-refractivity contribution in [2.24, 2.45) is 0 Å². The van der Waals surface area contributed by atoms with Crippen LogP contribution in [0.2, 0.25) is 0 Å². The van der Waals surface area contributed by atoms with Crippen LogP contribution in [0.25, 0.3) is 0 Å². The van der Waals surface area contributed by atoms with Gasteiger partial charge in [-0.15, -0.1) is 0 Å². The lowest BCUT2D eigenvalue weighted by molar-refractivity contribution is 0.278. The molecule has 4 nitrogen and oxygen atoms in total. The maximum Gasteiger partial charge on any atom is 0.123 e. The Morgan fingerprint density at radius 1 is 1.13 bits per heavy atom. The third-order valence-corrected chi connectivity index (χ3v) is 4.10. The van der Waals surface area contributed by atoms with Crippen molar-refractivity contribution in [2.45, 2.75) is 18.8 Å². The van der Waals surface area contributed by atoms with E-state index in [1.807, 2.05) is 18.2 Å². The Balaban J connectivity index is 1.72. The zero-order valence-electron chi connectivity index (χ0n) is 13.2. The van der Waals surface area contributed by atoms with Crippen molar-refractivity contribution in [3.8, 4) is 5.75 Å². The van der Waals surface area contributed by atoms with Crippen LogP contribution in [-0.4, -0.2) is 26.4 Å². The highest BCUT2D eigenvalue weighted by atomic mass is 19.1. The van der Waals surface area contributed by atoms with Crippen molar-refractivity contribution in [2.75, 3.05) is 20.2 Å². The number of nitrogens with one attached hydrogen (secondary N) is 3. The van der Waals surface area contributed by atoms with Gasteiger partial charge in [0.25, 0.3) is 0 Å². The molecule has 3 rings (SSSR count). The minimum absolute atomic E-state index is 0.0686. The van der Waals surface area contributed by atoms with Gasteiger partial charge in [-0.1, -0.05) is 30.3 Å². The standard InChI is InChI=1S/C18H22FN3O/c1-23-16-8-7-15(19)11-14(16)12-22-18-17(20-9-10-21-18)13-5-3-2-4-6-13/h2-8,11,17-18,20-22H,9-10,12H2,1H3/t17-,18+/m0/s1. The van der Waals surface area contributed by atoms with Crippen molar-refractivity contribution in [3.63, 3.8) is 0 Å². The molecule has 23 heavy (non-hydrogen) atoms. The highest BCUT2D eigenvalue weighted by molar-refractivity contribution is 5.34. The largest absolute Gasteiger partial charge is 0.496 e. The van der Waals surface area contributed by atoms with Crippen LogP contribution in [0.5, 0.6) is 5.75 Å². The number of hydrogen-bond donors (Lipinski definition) is 3. The van der Waals surface area contributed by atoms with Crippen LogP contribution in [0.15, 0.2) is 48.5 Å². The van der Waals surface area contributed by atoms with Crippen LogP contribution in [0.3, 0.4) is 0 Å². The lowest BCUT2D eigenvalue weighted by atomic mass is 10.0. The first-order chi connectivity index (χ1) is 11.3. The van der Waals surface area contributed by atoms with E-state index in [9.17, 15) is 4.39 Å². The summed E-state index contributed by atoms with van der Waals surface area (Å²) in [5.74, 6) is 0.441. The molecule has 0 amide bonds. The Labute approximate surface area is 136 Å². The Morgan fingerprint density at radius 2 is 1.91 bits per heavy atom. The van der Waals surface area contributed by atoms with Crippen molar-refractivity contribution in [1.29, 1.82) is 0 Å². The van der Waals surface area contributed by atoms with Crippen LogP contribution in [0.4, 0.5) is 4.39 Å². The van der Waals surface area contributed by atoms with Gasteiger partial charge in [0, 0.05) is 25.2 Å². The molecular formula is C18H22FN3O. The van der Waals surface area contributed by atoms with Crippen molar-refractivity contribution in [3.05, 3.63) is 65.5 Å². The highest BCUT2D eigenvalue weighted by Crippen LogP contribution is 2.21. The summed E-state index contributed by atoms with van der Waals surface area (Å²) in [6, 6.07) is 15.1. The summed E-state index contributed by atoms with van der Waals surface area (Å²) in [4.78, 5) is 0. The molecule has 122 valence electrons. The maximum atomic E-state index is 13.5. The van der Waals surface area contributed by atoms with Gasteiger partial charge in [0.15, 0.2) is 0 Å². The summed E-state index contributed by atoms with van der Waals surface area (Å²) in [7, 11) is 1.60. The van der Waals surface area contributed by atoms with E-state index in [1.54, 1.807) is 13.2 Å². The molecule has 2 atom stereocenters. The summed E-state index contributed by atoms with van der Waals surface area (Å²) in [5, 5.41) is 10.5. The quantitative estimate of drug-likeness (QED) is 0.791.